The van der Waals surface area contributed by atoms with Crippen molar-refractivity contribution < 1.29 is 9.53 Å². The topological polar surface area (TPSA) is 86.3 Å². The number of nitrogen functional groups attached to an aromatic ring is 1. The highest BCUT2D eigenvalue weighted by Gasteiger charge is 2.19. The molecule has 0 amide bonds. The minimum Gasteiger partial charge on any atom is -0.465 e. The molecule has 2 aromatic heterocycles. The molecule has 2 aromatic carbocycles. The summed E-state index contributed by atoms with van der Waals surface area (Å²) in [4.78, 5) is 24.1. The van der Waals surface area contributed by atoms with E-state index in [2.05, 4.69) is 45.6 Å². The molecule has 0 radical (unpaired) electrons. The van der Waals surface area contributed by atoms with Crippen LogP contribution in [0.25, 0.3) is 21.9 Å². The average molecular weight is 472 g/mol. The van der Waals surface area contributed by atoms with Crippen molar-refractivity contribution in [3.05, 3.63) is 65.0 Å². The zero-order valence-corrected chi connectivity index (χ0v) is 20.6. The number of ether oxygens (including phenoxy) is 1. The minimum atomic E-state index is -0.390. The van der Waals surface area contributed by atoms with E-state index in [0.717, 1.165) is 48.1 Å². The van der Waals surface area contributed by atoms with Crippen molar-refractivity contribution >= 4 is 33.7 Å². The lowest BCUT2D eigenvalue weighted by atomic mass is 10.1. The molecule has 0 aliphatic carbocycles. The average Bonchev–Trinajstić information content (AvgIpc) is 3.51. The molecule has 1 fully saturated rings. The van der Waals surface area contributed by atoms with Crippen LogP contribution < -0.4 is 5.73 Å². The number of hydrogen-bond acceptors (Lipinski definition) is 6. The second-order valence-corrected chi connectivity index (χ2v) is 9.44. The van der Waals surface area contributed by atoms with Crippen LogP contribution in [0.15, 0.2) is 42.5 Å². The lowest BCUT2D eigenvalue weighted by Crippen LogP contribution is -2.18. The van der Waals surface area contributed by atoms with Crippen molar-refractivity contribution in [1.29, 1.82) is 0 Å². The number of unbranched alkanes of at least 4 members (excludes halogenated alkanes) is 1. The van der Waals surface area contributed by atoms with Gasteiger partial charge in [-0.1, -0.05) is 37.6 Å². The number of likely N-dealkylation sites (tertiary alicyclic amines) is 1. The Morgan fingerprint density at radius 2 is 1.83 bits per heavy atom. The fraction of sp³-hybridized carbons (Fsp3) is 0.393. The molecule has 0 bridgehead atoms. The van der Waals surface area contributed by atoms with Crippen molar-refractivity contribution in [3.63, 3.8) is 0 Å². The zero-order valence-electron chi connectivity index (χ0n) is 20.6. The number of esters is 1. The third-order valence-corrected chi connectivity index (χ3v) is 6.90. The van der Waals surface area contributed by atoms with Gasteiger partial charge in [0.05, 0.1) is 23.7 Å². The number of nitrogens with two attached hydrogens (primary N) is 1. The van der Waals surface area contributed by atoms with E-state index in [4.69, 9.17) is 15.5 Å². The van der Waals surface area contributed by atoms with Crippen molar-refractivity contribution in [2.75, 3.05) is 25.9 Å². The standard InChI is InChI=1S/C28H33N5O2/c1-3-4-10-24-31-25-26(22-12-11-21(28(34)35-2)16-23(22)30-27(25)29)33(24)18-20-9-7-8-19(15-20)17-32-13-5-6-14-32/h7-9,11-12,15-16H,3-6,10,13-14,17-18H2,1-2H3,(H2,29,30). The first-order valence-electron chi connectivity index (χ1n) is 12.5. The summed E-state index contributed by atoms with van der Waals surface area (Å²) in [6.45, 7) is 6.26. The largest absolute Gasteiger partial charge is 0.465 e. The molecular weight excluding hydrogens is 438 g/mol. The number of imidazole rings is 1. The second-order valence-electron chi connectivity index (χ2n) is 9.44. The van der Waals surface area contributed by atoms with Gasteiger partial charge in [0.15, 0.2) is 5.82 Å². The number of aromatic nitrogens is 3. The Balaban J connectivity index is 1.60. The summed E-state index contributed by atoms with van der Waals surface area (Å²) in [5.41, 5.74) is 11.8. The van der Waals surface area contributed by atoms with Gasteiger partial charge >= 0.3 is 5.97 Å². The van der Waals surface area contributed by atoms with Crippen LogP contribution in [0.5, 0.6) is 0 Å². The SMILES string of the molecule is CCCCc1nc2c(N)nc3cc(C(=O)OC)ccc3c2n1Cc1cccc(CN2CCCC2)c1. The van der Waals surface area contributed by atoms with E-state index in [1.54, 1.807) is 12.1 Å². The number of fused-ring (bicyclic) bond motifs is 3. The molecule has 0 spiro atoms. The Bertz CT molecular complexity index is 1370. The van der Waals surface area contributed by atoms with Crippen LogP contribution >= 0.6 is 0 Å². The number of rotatable bonds is 8. The first-order valence-corrected chi connectivity index (χ1v) is 12.5. The molecule has 0 unspecified atom stereocenters. The molecule has 0 saturated carbocycles. The van der Waals surface area contributed by atoms with Crippen molar-refractivity contribution in [2.24, 2.45) is 0 Å². The summed E-state index contributed by atoms with van der Waals surface area (Å²) in [7, 11) is 1.38. The first-order chi connectivity index (χ1) is 17.1. The number of methoxy groups -OCH3 is 1. The van der Waals surface area contributed by atoms with Crippen LogP contribution in [0.1, 0.15) is 59.9 Å². The van der Waals surface area contributed by atoms with Crippen LogP contribution in [0.3, 0.4) is 0 Å². The highest BCUT2D eigenvalue weighted by molar-refractivity contribution is 6.08. The van der Waals surface area contributed by atoms with Crippen LogP contribution in [-0.2, 0) is 24.2 Å². The molecule has 2 N–H and O–H groups in total. The number of hydrogen-bond donors (Lipinski definition) is 1. The van der Waals surface area contributed by atoms with Gasteiger partial charge in [-0.3, -0.25) is 4.90 Å². The predicted molar refractivity (Wildman–Crippen MR) is 139 cm³/mol. The Kier molecular flexibility index (Phi) is 6.68. The molecule has 7 heteroatoms. The van der Waals surface area contributed by atoms with Gasteiger partial charge in [-0.15, -0.1) is 0 Å². The molecule has 7 nitrogen and oxygen atoms in total. The minimum absolute atomic E-state index is 0.383. The number of nitrogens with zero attached hydrogens (tertiary/aromatic N) is 4. The summed E-state index contributed by atoms with van der Waals surface area (Å²) in [5, 5.41) is 0.935. The Hall–Kier alpha value is -3.45. The summed E-state index contributed by atoms with van der Waals surface area (Å²) in [5.74, 6) is 1.01. The molecule has 1 saturated heterocycles. The predicted octanol–water partition coefficient (Wildman–Crippen LogP) is 4.94. The van der Waals surface area contributed by atoms with Crippen molar-refractivity contribution in [3.8, 4) is 0 Å². The van der Waals surface area contributed by atoms with Crippen LogP contribution in [-0.4, -0.2) is 45.6 Å². The van der Waals surface area contributed by atoms with Gasteiger partial charge in [0.1, 0.15) is 11.3 Å². The van der Waals surface area contributed by atoms with Crippen LogP contribution in [0, 0.1) is 0 Å². The zero-order chi connectivity index (χ0) is 24.4. The number of pyridine rings is 1. The Labute approximate surface area is 205 Å². The fourth-order valence-corrected chi connectivity index (χ4v) is 5.11. The fourth-order valence-electron chi connectivity index (χ4n) is 5.11. The van der Waals surface area contributed by atoms with Gasteiger partial charge in [-0.25, -0.2) is 14.8 Å². The van der Waals surface area contributed by atoms with Gasteiger partial charge in [0.2, 0.25) is 0 Å². The molecule has 1 aliphatic rings. The molecule has 1 aliphatic heterocycles. The number of aryl methyl sites for hydroxylation is 1. The maximum absolute atomic E-state index is 12.1. The normalized spacial score (nSPS) is 14.2. The van der Waals surface area contributed by atoms with E-state index in [9.17, 15) is 4.79 Å². The van der Waals surface area contributed by atoms with Gasteiger partial charge in [-0.05, 0) is 61.7 Å². The van der Waals surface area contributed by atoms with E-state index >= 15 is 0 Å². The van der Waals surface area contributed by atoms with E-state index in [1.807, 2.05) is 6.07 Å². The maximum atomic E-state index is 12.1. The monoisotopic (exact) mass is 471 g/mol. The quantitative estimate of drug-likeness (QED) is 0.366. The third kappa shape index (κ3) is 4.73. The molecular formula is C28H33N5O2. The van der Waals surface area contributed by atoms with E-state index < -0.39 is 0 Å². The molecule has 5 rings (SSSR count). The lowest BCUT2D eigenvalue weighted by Gasteiger charge is -2.16. The van der Waals surface area contributed by atoms with Gasteiger partial charge in [0, 0.05) is 24.9 Å². The lowest BCUT2D eigenvalue weighted by molar-refractivity contribution is 0.0601. The van der Waals surface area contributed by atoms with Gasteiger partial charge in [-0.2, -0.15) is 0 Å². The van der Waals surface area contributed by atoms with E-state index in [0.29, 0.717) is 23.4 Å². The maximum Gasteiger partial charge on any atom is 0.337 e. The summed E-state index contributed by atoms with van der Waals surface area (Å²) in [6.07, 6.45) is 5.60. The molecule has 0 atom stereocenters. The highest BCUT2D eigenvalue weighted by Crippen LogP contribution is 2.31. The van der Waals surface area contributed by atoms with Gasteiger partial charge in [0.25, 0.3) is 0 Å². The molecule has 4 aromatic rings. The van der Waals surface area contributed by atoms with E-state index in [-0.39, 0.29) is 5.97 Å². The van der Waals surface area contributed by atoms with Crippen LogP contribution in [0.4, 0.5) is 5.82 Å². The first kappa shape index (κ1) is 23.3. The smallest absolute Gasteiger partial charge is 0.337 e. The highest BCUT2D eigenvalue weighted by atomic mass is 16.5. The third-order valence-electron chi connectivity index (χ3n) is 6.90. The van der Waals surface area contributed by atoms with Gasteiger partial charge < -0.3 is 15.0 Å². The van der Waals surface area contributed by atoms with E-state index in [1.165, 1.54) is 44.2 Å². The Morgan fingerprint density at radius 3 is 2.57 bits per heavy atom. The van der Waals surface area contributed by atoms with Crippen LogP contribution in [0.2, 0.25) is 0 Å². The number of carbonyl (C=O) groups is 1. The summed E-state index contributed by atoms with van der Waals surface area (Å²) in [6, 6.07) is 14.3. The summed E-state index contributed by atoms with van der Waals surface area (Å²) >= 11 is 0. The number of benzene rings is 2. The Morgan fingerprint density at radius 1 is 1.06 bits per heavy atom. The van der Waals surface area contributed by atoms with Crippen molar-refractivity contribution in [2.45, 2.75) is 52.1 Å². The number of carbonyl (C=O) groups excluding carboxylic acids is 1. The second kappa shape index (κ2) is 10.0. The molecule has 182 valence electrons. The van der Waals surface area contributed by atoms with Crippen molar-refractivity contribution in [1.82, 2.24) is 19.4 Å². The molecule has 3 heterocycles. The molecule has 35 heavy (non-hydrogen) atoms. The summed E-state index contributed by atoms with van der Waals surface area (Å²) < 4.78 is 7.18. The number of anilines is 1.